The molecule has 1 fully saturated rings. The molecule has 0 aromatic heterocycles. The number of benzene rings is 1. The third-order valence-electron chi connectivity index (χ3n) is 2.40. The van der Waals surface area contributed by atoms with Gasteiger partial charge < -0.3 is 0 Å². The van der Waals surface area contributed by atoms with Crippen molar-refractivity contribution in [2.24, 2.45) is 0 Å². The molecule has 2 rings (SSSR count). The van der Waals surface area contributed by atoms with Gasteiger partial charge in [-0.2, -0.15) is 35.9 Å². The van der Waals surface area contributed by atoms with E-state index in [1.165, 1.54) is 18.4 Å². The summed E-state index contributed by atoms with van der Waals surface area (Å²) in [6.45, 7) is 2.32. The van der Waals surface area contributed by atoms with E-state index in [9.17, 15) is 0 Å². The molecule has 1 heteroatoms. The van der Waals surface area contributed by atoms with Gasteiger partial charge in [-0.3, -0.25) is 0 Å². The van der Waals surface area contributed by atoms with E-state index in [1.54, 1.807) is 0 Å². The van der Waals surface area contributed by atoms with Crippen LogP contribution in [0.15, 0.2) is 24.3 Å². The number of hydrogen-bond donors (Lipinski definition) is 0. The Morgan fingerprint density at radius 3 is 2.64 bits per heavy atom. The zero-order chi connectivity index (χ0) is 7.03. The van der Waals surface area contributed by atoms with Crippen molar-refractivity contribution in [2.75, 3.05) is 0 Å². The Bertz CT molecular complexity index is 224. The van der Waals surface area contributed by atoms with E-state index in [4.69, 9.17) is 0 Å². The van der Waals surface area contributed by atoms with E-state index >= 15 is 0 Å². The van der Waals surface area contributed by atoms with Crippen molar-refractivity contribution < 1.29 is 51.4 Å². The monoisotopic (exact) mass is 170 g/mol. The molecule has 1 saturated carbocycles. The second-order valence-electron chi connectivity index (χ2n) is 3.35. The molecule has 0 atom stereocenters. The Kier molecular flexibility index (Phi) is 3.35. The average molecular weight is 170 g/mol. The van der Waals surface area contributed by atoms with Gasteiger partial charge in [0.25, 0.3) is 0 Å². The van der Waals surface area contributed by atoms with E-state index in [0.29, 0.717) is 5.41 Å². The van der Waals surface area contributed by atoms with Gasteiger partial charge in [-0.15, -0.1) is 0 Å². The van der Waals surface area contributed by atoms with E-state index in [1.807, 2.05) is 6.07 Å². The summed E-state index contributed by atoms with van der Waals surface area (Å²) in [4.78, 5) is 0. The summed E-state index contributed by atoms with van der Waals surface area (Å²) in [5.41, 5.74) is 1.97. The standard InChI is InChI=1S/C10H11.K/c1-10(7-8-10)9-5-3-2-4-6-9;/h2-3,5-6H,7-8H2,1H3;/q-1;+1. The van der Waals surface area contributed by atoms with Crippen LogP contribution in [-0.2, 0) is 5.41 Å². The molecule has 1 aliphatic rings. The van der Waals surface area contributed by atoms with Gasteiger partial charge in [-0.05, 0) is 0 Å². The summed E-state index contributed by atoms with van der Waals surface area (Å²) in [5, 5.41) is 0. The maximum atomic E-state index is 3.11. The van der Waals surface area contributed by atoms with Crippen molar-refractivity contribution in [3.8, 4) is 0 Å². The summed E-state index contributed by atoms with van der Waals surface area (Å²) < 4.78 is 0. The number of hydrogen-bond acceptors (Lipinski definition) is 0. The van der Waals surface area contributed by atoms with Crippen LogP contribution < -0.4 is 51.4 Å². The minimum absolute atomic E-state index is 0. The Morgan fingerprint density at radius 2 is 2.18 bits per heavy atom. The fraction of sp³-hybridized carbons (Fsp3) is 0.400. The summed E-state index contributed by atoms with van der Waals surface area (Å²) in [7, 11) is 0. The van der Waals surface area contributed by atoms with Gasteiger partial charge in [0, 0.05) is 0 Å². The van der Waals surface area contributed by atoms with Crippen LogP contribution in [0, 0.1) is 6.07 Å². The zero-order valence-electron chi connectivity index (χ0n) is 7.22. The van der Waals surface area contributed by atoms with Crippen molar-refractivity contribution in [3.63, 3.8) is 0 Å². The van der Waals surface area contributed by atoms with Crippen molar-refractivity contribution in [1.29, 1.82) is 0 Å². The van der Waals surface area contributed by atoms with Crippen LogP contribution in [0.1, 0.15) is 25.3 Å². The Balaban J connectivity index is 0.000000605. The second kappa shape index (κ2) is 3.71. The first-order valence-corrected chi connectivity index (χ1v) is 3.78. The van der Waals surface area contributed by atoms with Gasteiger partial charge in [-0.25, -0.2) is 0 Å². The molecule has 1 aromatic carbocycles. The minimum Gasteiger partial charge on any atom is -0.184 e. The maximum absolute atomic E-state index is 3.11. The minimum atomic E-state index is 0. The maximum Gasteiger partial charge on any atom is 1.00 e. The van der Waals surface area contributed by atoms with Crippen molar-refractivity contribution in [1.82, 2.24) is 0 Å². The van der Waals surface area contributed by atoms with Gasteiger partial charge >= 0.3 is 51.4 Å². The van der Waals surface area contributed by atoms with E-state index in [0.717, 1.165) is 0 Å². The smallest absolute Gasteiger partial charge is 0.184 e. The first-order chi connectivity index (χ1) is 4.81. The molecule has 0 N–H and O–H groups in total. The third-order valence-corrected chi connectivity index (χ3v) is 2.40. The van der Waals surface area contributed by atoms with E-state index < -0.39 is 0 Å². The summed E-state index contributed by atoms with van der Waals surface area (Å²) in [5.74, 6) is 0. The van der Waals surface area contributed by atoms with Crippen LogP contribution in [0.4, 0.5) is 0 Å². The quantitative estimate of drug-likeness (QED) is 0.395. The molecule has 0 spiro atoms. The molecule has 1 aliphatic carbocycles. The fourth-order valence-electron chi connectivity index (χ4n) is 1.24. The summed E-state index contributed by atoms with van der Waals surface area (Å²) >= 11 is 0. The Hall–Kier alpha value is 0.856. The molecule has 11 heavy (non-hydrogen) atoms. The SMILES string of the molecule is CC1(c2c[c-]ccc2)CC1.[K+]. The molecule has 0 heterocycles. The molecular formula is C10H11K. The first kappa shape index (κ1) is 9.94. The van der Waals surface area contributed by atoms with E-state index in [-0.39, 0.29) is 51.4 Å². The molecule has 0 aliphatic heterocycles. The van der Waals surface area contributed by atoms with Crippen LogP contribution in [0.25, 0.3) is 0 Å². The van der Waals surface area contributed by atoms with Crippen LogP contribution in [-0.4, -0.2) is 0 Å². The summed E-state index contributed by atoms with van der Waals surface area (Å²) in [6.07, 6.45) is 2.70. The van der Waals surface area contributed by atoms with Crippen molar-refractivity contribution in [2.45, 2.75) is 25.2 Å². The largest absolute Gasteiger partial charge is 1.00 e. The van der Waals surface area contributed by atoms with Crippen LogP contribution in [0.3, 0.4) is 0 Å². The van der Waals surface area contributed by atoms with Crippen molar-refractivity contribution in [3.05, 3.63) is 35.9 Å². The molecule has 0 amide bonds. The van der Waals surface area contributed by atoms with Gasteiger partial charge in [0.1, 0.15) is 0 Å². The molecule has 0 nitrogen and oxygen atoms in total. The topological polar surface area (TPSA) is 0 Å². The van der Waals surface area contributed by atoms with Crippen LogP contribution in [0.2, 0.25) is 0 Å². The Labute approximate surface area is 111 Å². The first-order valence-electron chi connectivity index (χ1n) is 3.78. The normalized spacial score (nSPS) is 18.6. The molecule has 0 bridgehead atoms. The van der Waals surface area contributed by atoms with Crippen LogP contribution >= 0.6 is 0 Å². The average Bonchev–Trinajstić information content (AvgIpc) is 2.72. The van der Waals surface area contributed by atoms with Gasteiger partial charge in [0.15, 0.2) is 0 Å². The predicted molar refractivity (Wildman–Crippen MR) is 41.9 cm³/mol. The van der Waals surface area contributed by atoms with Crippen molar-refractivity contribution >= 4 is 0 Å². The third kappa shape index (κ3) is 2.16. The van der Waals surface area contributed by atoms with Gasteiger partial charge in [-0.1, -0.05) is 25.2 Å². The zero-order valence-corrected chi connectivity index (χ0v) is 10.3. The van der Waals surface area contributed by atoms with E-state index in [2.05, 4.69) is 31.2 Å². The van der Waals surface area contributed by atoms with Crippen LogP contribution in [0.5, 0.6) is 0 Å². The molecular weight excluding hydrogens is 159 g/mol. The molecule has 52 valence electrons. The molecule has 0 unspecified atom stereocenters. The molecule has 0 radical (unpaired) electrons. The number of rotatable bonds is 1. The fourth-order valence-corrected chi connectivity index (χ4v) is 1.24. The van der Waals surface area contributed by atoms with Gasteiger partial charge in [0.05, 0.1) is 0 Å². The molecule has 1 aromatic rings. The molecule has 0 saturated heterocycles. The summed E-state index contributed by atoms with van der Waals surface area (Å²) in [6, 6.07) is 11.4. The van der Waals surface area contributed by atoms with Gasteiger partial charge in [0.2, 0.25) is 0 Å². The Morgan fingerprint density at radius 1 is 1.45 bits per heavy atom. The predicted octanol–water partition coefficient (Wildman–Crippen LogP) is -0.458. The second-order valence-corrected chi connectivity index (χ2v) is 3.35.